The molecule has 0 heterocycles. The van der Waals surface area contributed by atoms with Crippen molar-refractivity contribution in [2.75, 3.05) is 13.1 Å². The van der Waals surface area contributed by atoms with Gasteiger partial charge in [-0.15, -0.1) is 0 Å². The van der Waals surface area contributed by atoms with Crippen molar-refractivity contribution in [1.82, 2.24) is 5.32 Å². The zero-order chi connectivity index (χ0) is 13.4. The monoisotopic (exact) mass is 250 g/mol. The Hall–Kier alpha value is -1.55. The van der Waals surface area contributed by atoms with Gasteiger partial charge in [0.25, 0.3) is 5.91 Å². The van der Waals surface area contributed by atoms with Gasteiger partial charge in [-0.05, 0) is 37.4 Å². The summed E-state index contributed by atoms with van der Waals surface area (Å²) in [5, 5.41) is 12.4. The third kappa shape index (κ3) is 4.37. The Morgan fingerprint density at radius 2 is 2.11 bits per heavy atom. The van der Waals surface area contributed by atoms with Gasteiger partial charge < -0.3 is 16.2 Å². The van der Waals surface area contributed by atoms with Crippen molar-refractivity contribution in [1.29, 1.82) is 0 Å². The Balaban J connectivity index is 2.52. The average molecular weight is 250 g/mol. The van der Waals surface area contributed by atoms with Crippen LogP contribution in [0.4, 0.5) is 0 Å². The fourth-order valence-corrected chi connectivity index (χ4v) is 1.99. The van der Waals surface area contributed by atoms with E-state index < -0.39 is 0 Å². The number of amides is 1. The van der Waals surface area contributed by atoms with Crippen LogP contribution in [0.5, 0.6) is 5.75 Å². The Morgan fingerprint density at radius 3 is 2.72 bits per heavy atom. The summed E-state index contributed by atoms with van der Waals surface area (Å²) in [7, 11) is 0. The van der Waals surface area contributed by atoms with Gasteiger partial charge in [-0.1, -0.05) is 25.5 Å². The summed E-state index contributed by atoms with van der Waals surface area (Å²) in [6.07, 6.45) is 3.05. The van der Waals surface area contributed by atoms with E-state index in [2.05, 4.69) is 12.2 Å². The van der Waals surface area contributed by atoms with Crippen molar-refractivity contribution in [3.05, 3.63) is 29.8 Å². The number of nitrogens with two attached hydrogens (primary N) is 1. The van der Waals surface area contributed by atoms with Crippen molar-refractivity contribution >= 4 is 5.91 Å². The van der Waals surface area contributed by atoms with Gasteiger partial charge in [0.1, 0.15) is 5.75 Å². The van der Waals surface area contributed by atoms with E-state index in [9.17, 15) is 9.90 Å². The Morgan fingerprint density at radius 1 is 1.39 bits per heavy atom. The normalized spacial score (nSPS) is 12.1. The zero-order valence-corrected chi connectivity index (χ0v) is 10.9. The number of aromatic hydroxyl groups is 1. The van der Waals surface area contributed by atoms with Gasteiger partial charge in [0.05, 0.1) is 5.56 Å². The first-order chi connectivity index (χ1) is 8.69. The van der Waals surface area contributed by atoms with Gasteiger partial charge >= 0.3 is 0 Å². The Bertz CT molecular complexity index is 374. The van der Waals surface area contributed by atoms with Crippen LogP contribution in [0.1, 0.15) is 36.5 Å². The molecule has 1 amide bonds. The highest BCUT2D eigenvalue weighted by Crippen LogP contribution is 2.15. The lowest BCUT2D eigenvalue weighted by atomic mass is 9.99. The molecule has 0 aliphatic carbocycles. The molecule has 4 N–H and O–H groups in total. The molecule has 0 fully saturated rings. The molecule has 1 unspecified atom stereocenters. The van der Waals surface area contributed by atoms with E-state index in [1.165, 1.54) is 6.07 Å². The number of para-hydroxylation sites is 1. The molecule has 0 aliphatic rings. The molecule has 0 saturated carbocycles. The molecule has 1 atom stereocenters. The van der Waals surface area contributed by atoms with Gasteiger partial charge in [0.15, 0.2) is 0 Å². The van der Waals surface area contributed by atoms with Crippen LogP contribution < -0.4 is 11.1 Å². The summed E-state index contributed by atoms with van der Waals surface area (Å²) in [6, 6.07) is 6.55. The third-order valence-corrected chi connectivity index (χ3v) is 2.97. The van der Waals surface area contributed by atoms with Crippen molar-refractivity contribution in [3.63, 3.8) is 0 Å². The van der Waals surface area contributed by atoms with Gasteiger partial charge in [-0.3, -0.25) is 4.79 Å². The lowest BCUT2D eigenvalue weighted by Crippen LogP contribution is -2.30. The highest BCUT2D eigenvalue weighted by molar-refractivity contribution is 5.96. The highest BCUT2D eigenvalue weighted by Gasteiger charge is 2.12. The summed E-state index contributed by atoms with van der Waals surface area (Å²) in [5.41, 5.74) is 5.87. The number of benzene rings is 1. The number of carbonyl (C=O) groups excluding carboxylic acids is 1. The molecular weight excluding hydrogens is 228 g/mol. The van der Waals surface area contributed by atoms with Crippen LogP contribution in [0.2, 0.25) is 0 Å². The number of rotatable bonds is 7. The summed E-state index contributed by atoms with van der Waals surface area (Å²) in [5.74, 6) is 0.196. The van der Waals surface area contributed by atoms with Crippen LogP contribution in [0, 0.1) is 5.92 Å². The Kier molecular flexibility index (Phi) is 6.22. The van der Waals surface area contributed by atoms with Crippen LogP contribution in [0.3, 0.4) is 0 Å². The molecular formula is C14H22N2O2. The third-order valence-electron chi connectivity index (χ3n) is 2.97. The highest BCUT2D eigenvalue weighted by atomic mass is 16.3. The van der Waals surface area contributed by atoms with Crippen molar-refractivity contribution < 1.29 is 9.90 Å². The predicted octanol–water partition coefficient (Wildman–Crippen LogP) is 1.89. The molecule has 0 radical (unpaired) electrons. The van der Waals surface area contributed by atoms with E-state index in [0.717, 1.165) is 19.3 Å². The topological polar surface area (TPSA) is 75.3 Å². The predicted molar refractivity (Wildman–Crippen MR) is 72.5 cm³/mol. The SMILES string of the molecule is CCCC(CCN)CNC(=O)c1ccccc1O. The molecule has 0 aliphatic heterocycles. The average Bonchev–Trinajstić information content (AvgIpc) is 2.36. The molecule has 0 aromatic heterocycles. The number of hydrogen-bond acceptors (Lipinski definition) is 3. The maximum Gasteiger partial charge on any atom is 0.255 e. The van der Waals surface area contributed by atoms with Crippen LogP contribution in [0.25, 0.3) is 0 Å². The minimum Gasteiger partial charge on any atom is -0.507 e. The number of nitrogens with one attached hydrogen (secondary N) is 1. The van der Waals surface area contributed by atoms with E-state index in [0.29, 0.717) is 24.6 Å². The molecule has 1 rings (SSSR count). The van der Waals surface area contributed by atoms with Crippen molar-refractivity contribution in [3.8, 4) is 5.75 Å². The number of hydrogen-bond donors (Lipinski definition) is 3. The van der Waals surface area contributed by atoms with Crippen LogP contribution in [-0.2, 0) is 0 Å². The second kappa shape index (κ2) is 7.71. The second-order valence-corrected chi connectivity index (χ2v) is 4.46. The van der Waals surface area contributed by atoms with Gasteiger partial charge in [0.2, 0.25) is 0 Å². The number of phenolic OH excluding ortho intramolecular Hbond substituents is 1. The van der Waals surface area contributed by atoms with Crippen molar-refractivity contribution in [2.24, 2.45) is 11.7 Å². The molecule has 0 bridgehead atoms. The lowest BCUT2D eigenvalue weighted by molar-refractivity contribution is 0.0943. The molecule has 0 spiro atoms. The molecule has 0 saturated heterocycles. The first kappa shape index (κ1) is 14.5. The molecule has 1 aromatic rings. The van der Waals surface area contributed by atoms with E-state index >= 15 is 0 Å². The molecule has 4 nitrogen and oxygen atoms in total. The summed E-state index contributed by atoms with van der Waals surface area (Å²) < 4.78 is 0. The van der Waals surface area contributed by atoms with E-state index in [1.54, 1.807) is 18.2 Å². The summed E-state index contributed by atoms with van der Waals surface area (Å²) in [4.78, 5) is 11.9. The van der Waals surface area contributed by atoms with Gasteiger partial charge in [-0.25, -0.2) is 0 Å². The first-order valence-electron chi connectivity index (χ1n) is 6.45. The molecule has 100 valence electrons. The molecule has 4 heteroatoms. The standard InChI is InChI=1S/C14H22N2O2/c1-2-5-11(8-9-15)10-16-14(18)12-6-3-4-7-13(12)17/h3-4,6-7,11,17H,2,5,8-10,15H2,1H3,(H,16,18). The minimum absolute atomic E-state index is 0.0147. The molecule has 18 heavy (non-hydrogen) atoms. The van der Waals surface area contributed by atoms with Gasteiger partial charge in [-0.2, -0.15) is 0 Å². The Labute approximate surface area is 108 Å². The number of carbonyl (C=O) groups is 1. The lowest BCUT2D eigenvalue weighted by Gasteiger charge is -2.16. The largest absolute Gasteiger partial charge is 0.507 e. The fraction of sp³-hybridized carbons (Fsp3) is 0.500. The van der Waals surface area contributed by atoms with E-state index in [1.807, 2.05) is 0 Å². The van der Waals surface area contributed by atoms with Crippen molar-refractivity contribution in [2.45, 2.75) is 26.2 Å². The minimum atomic E-state index is -0.230. The fourth-order valence-electron chi connectivity index (χ4n) is 1.99. The van der Waals surface area contributed by atoms with Crippen LogP contribution >= 0.6 is 0 Å². The van der Waals surface area contributed by atoms with E-state index in [-0.39, 0.29) is 11.7 Å². The molecule has 1 aromatic carbocycles. The van der Waals surface area contributed by atoms with Crippen LogP contribution in [0.15, 0.2) is 24.3 Å². The van der Waals surface area contributed by atoms with Gasteiger partial charge in [0, 0.05) is 6.54 Å². The smallest absolute Gasteiger partial charge is 0.255 e. The quantitative estimate of drug-likeness (QED) is 0.691. The maximum absolute atomic E-state index is 11.9. The van der Waals surface area contributed by atoms with Crippen LogP contribution in [-0.4, -0.2) is 24.1 Å². The maximum atomic E-state index is 11.9. The zero-order valence-electron chi connectivity index (χ0n) is 10.9. The second-order valence-electron chi connectivity index (χ2n) is 4.46. The summed E-state index contributed by atoms with van der Waals surface area (Å²) in [6.45, 7) is 3.36. The number of phenols is 1. The first-order valence-corrected chi connectivity index (χ1v) is 6.45. The van der Waals surface area contributed by atoms with E-state index in [4.69, 9.17) is 5.73 Å². The summed E-state index contributed by atoms with van der Waals surface area (Å²) >= 11 is 0.